The van der Waals surface area contributed by atoms with Gasteiger partial charge in [-0.05, 0) is 18.9 Å². The van der Waals surface area contributed by atoms with E-state index < -0.39 is 10.9 Å². The Kier molecular flexibility index (Phi) is 5.74. The lowest BCUT2D eigenvalue weighted by Crippen LogP contribution is -2.09. The number of benzene rings is 1. The SMILES string of the molecule is COCCCCNc1cc([N+](=O)[O-])ccc1C(=O)O. The lowest BCUT2D eigenvalue weighted by atomic mass is 10.1. The van der Waals surface area contributed by atoms with E-state index in [0.717, 1.165) is 12.8 Å². The number of ether oxygens (including phenoxy) is 1. The van der Waals surface area contributed by atoms with Crippen LogP contribution in [0, 0.1) is 10.1 Å². The zero-order valence-electron chi connectivity index (χ0n) is 10.6. The van der Waals surface area contributed by atoms with Crippen molar-refractivity contribution in [3.8, 4) is 0 Å². The number of nitro groups is 1. The number of carboxylic acid groups (broad SMARTS) is 1. The molecule has 0 saturated carbocycles. The second-order valence-corrected chi connectivity index (χ2v) is 3.92. The molecule has 1 aromatic carbocycles. The highest BCUT2D eigenvalue weighted by Crippen LogP contribution is 2.22. The van der Waals surface area contributed by atoms with E-state index in [9.17, 15) is 14.9 Å². The van der Waals surface area contributed by atoms with E-state index >= 15 is 0 Å². The van der Waals surface area contributed by atoms with Gasteiger partial charge in [0.2, 0.25) is 0 Å². The number of non-ortho nitro benzene ring substituents is 1. The quantitative estimate of drug-likeness (QED) is 0.425. The van der Waals surface area contributed by atoms with E-state index in [4.69, 9.17) is 9.84 Å². The average Bonchev–Trinajstić information content (AvgIpc) is 2.38. The number of nitrogens with one attached hydrogen (secondary N) is 1. The minimum atomic E-state index is -1.12. The number of aromatic carboxylic acids is 1. The van der Waals surface area contributed by atoms with Gasteiger partial charge in [0, 0.05) is 32.4 Å². The van der Waals surface area contributed by atoms with Gasteiger partial charge in [-0.15, -0.1) is 0 Å². The molecule has 0 aliphatic rings. The van der Waals surface area contributed by atoms with Crippen molar-refractivity contribution < 1.29 is 19.6 Å². The maximum atomic E-state index is 11.0. The van der Waals surface area contributed by atoms with Crippen LogP contribution in [-0.4, -0.2) is 36.3 Å². The number of carbonyl (C=O) groups is 1. The van der Waals surface area contributed by atoms with Crippen LogP contribution in [0.4, 0.5) is 11.4 Å². The molecule has 19 heavy (non-hydrogen) atoms. The predicted octanol–water partition coefficient (Wildman–Crippen LogP) is 2.13. The predicted molar refractivity (Wildman–Crippen MR) is 69.7 cm³/mol. The highest BCUT2D eigenvalue weighted by Gasteiger charge is 2.14. The molecule has 104 valence electrons. The standard InChI is InChI=1S/C12H16N2O5/c1-19-7-3-2-6-13-11-8-9(14(17)18)4-5-10(11)12(15)16/h4-5,8,13H,2-3,6-7H2,1H3,(H,15,16). The highest BCUT2D eigenvalue weighted by atomic mass is 16.6. The van der Waals surface area contributed by atoms with Crippen molar-refractivity contribution in [2.75, 3.05) is 25.6 Å². The van der Waals surface area contributed by atoms with Crippen molar-refractivity contribution >= 4 is 17.3 Å². The molecular weight excluding hydrogens is 252 g/mol. The van der Waals surface area contributed by atoms with Crippen molar-refractivity contribution in [3.05, 3.63) is 33.9 Å². The number of carboxylic acids is 1. The van der Waals surface area contributed by atoms with E-state index in [-0.39, 0.29) is 16.9 Å². The largest absolute Gasteiger partial charge is 0.478 e. The minimum absolute atomic E-state index is 0.0253. The molecule has 0 spiro atoms. The summed E-state index contributed by atoms with van der Waals surface area (Å²) >= 11 is 0. The van der Waals surface area contributed by atoms with Gasteiger partial charge in [0.25, 0.3) is 5.69 Å². The minimum Gasteiger partial charge on any atom is -0.478 e. The first kappa shape index (κ1) is 14.9. The first-order chi connectivity index (χ1) is 9.06. The lowest BCUT2D eigenvalue weighted by molar-refractivity contribution is -0.384. The summed E-state index contributed by atoms with van der Waals surface area (Å²) in [5, 5.41) is 22.6. The molecule has 1 rings (SSSR count). The fraction of sp³-hybridized carbons (Fsp3) is 0.417. The first-order valence-corrected chi connectivity index (χ1v) is 5.80. The Morgan fingerprint density at radius 3 is 2.79 bits per heavy atom. The zero-order valence-corrected chi connectivity index (χ0v) is 10.6. The summed E-state index contributed by atoms with van der Waals surface area (Å²) in [5.41, 5.74) is 0.154. The summed E-state index contributed by atoms with van der Waals surface area (Å²) in [6, 6.07) is 3.65. The maximum absolute atomic E-state index is 11.0. The highest BCUT2D eigenvalue weighted by molar-refractivity contribution is 5.94. The van der Waals surface area contributed by atoms with Crippen molar-refractivity contribution in [1.82, 2.24) is 0 Å². The van der Waals surface area contributed by atoms with Crippen LogP contribution in [0.15, 0.2) is 18.2 Å². The third-order valence-corrected chi connectivity index (χ3v) is 2.54. The van der Waals surface area contributed by atoms with Crippen LogP contribution in [-0.2, 0) is 4.74 Å². The van der Waals surface area contributed by atoms with Gasteiger partial charge in [-0.1, -0.05) is 0 Å². The molecule has 0 atom stereocenters. The number of rotatable bonds is 8. The molecule has 1 aromatic rings. The summed E-state index contributed by atoms with van der Waals surface area (Å²) < 4.78 is 4.90. The van der Waals surface area contributed by atoms with Crippen LogP contribution in [0.3, 0.4) is 0 Å². The summed E-state index contributed by atoms with van der Waals surface area (Å²) in [4.78, 5) is 21.1. The van der Waals surface area contributed by atoms with Crippen LogP contribution in [0.25, 0.3) is 0 Å². The monoisotopic (exact) mass is 268 g/mol. The summed E-state index contributed by atoms with van der Waals surface area (Å²) in [6.45, 7) is 1.16. The molecule has 0 radical (unpaired) electrons. The van der Waals surface area contributed by atoms with E-state index in [1.165, 1.54) is 18.2 Å². The maximum Gasteiger partial charge on any atom is 0.337 e. The summed E-state index contributed by atoms with van der Waals surface area (Å²) in [7, 11) is 1.61. The number of hydrogen-bond donors (Lipinski definition) is 2. The molecular formula is C12H16N2O5. The summed E-state index contributed by atoms with van der Waals surface area (Å²) in [6.07, 6.45) is 1.62. The number of anilines is 1. The Morgan fingerprint density at radius 1 is 1.47 bits per heavy atom. The molecule has 0 aliphatic heterocycles. The Bertz CT molecular complexity index is 461. The third kappa shape index (κ3) is 4.55. The molecule has 7 nitrogen and oxygen atoms in total. The van der Waals surface area contributed by atoms with E-state index in [1.54, 1.807) is 7.11 Å². The molecule has 0 aromatic heterocycles. The zero-order chi connectivity index (χ0) is 14.3. The fourth-order valence-corrected chi connectivity index (χ4v) is 1.57. The van der Waals surface area contributed by atoms with Gasteiger partial charge in [-0.3, -0.25) is 10.1 Å². The third-order valence-electron chi connectivity index (χ3n) is 2.54. The van der Waals surface area contributed by atoms with Gasteiger partial charge in [0.1, 0.15) is 0 Å². The number of nitro benzene ring substituents is 1. The molecule has 0 saturated heterocycles. The molecule has 0 amide bonds. The van der Waals surface area contributed by atoms with Crippen LogP contribution in [0.5, 0.6) is 0 Å². The molecule has 0 fully saturated rings. The van der Waals surface area contributed by atoms with Gasteiger partial charge in [0.05, 0.1) is 16.2 Å². The van der Waals surface area contributed by atoms with Gasteiger partial charge in [-0.25, -0.2) is 4.79 Å². The van der Waals surface area contributed by atoms with Crippen LogP contribution >= 0.6 is 0 Å². The smallest absolute Gasteiger partial charge is 0.337 e. The Morgan fingerprint density at radius 2 is 2.21 bits per heavy atom. The number of unbranched alkanes of at least 4 members (excludes halogenated alkanes) is 1. The molecule has 0 aliphatic carbocycles. The normalized spacial score (nSPS) is 10.2. The molecule has 7 heteroatoms. The fourth-order valence-electron chi connectivity index (χ4n) is 1.57. The lowest BCUT2D eigenvalue weighted by Gasteiger charge is -2.09. The van der Waals surface area contributed by atoms with Gasteiger partial charge < -0.3 is 15.2 Å². The van der Waals surface area contributed by atoms with Crippen molar-refractivity contribution in [3.63, 3.8) is 0 Å². The van der Waals surface area contributed by atoms with Gasteiger partial charge in [0.15, 0.2) is 0 Å². The number of hydrogen-bond acceptors (Lipinski definition) is 5. The molecule has 2 N–H and O–H groups in total. The molecule has 0 unspecified atom stereocenters. The second-order valence-electron chi connectivity index (χ2n) is 3.92. The average molecular weight is 268 g/mol. The molecule has 0 bridgehead atoms. The van der Waals surface area contributed by atoms with Crippen LogP contribution in [0.1, 0.15) is 23.2 Å². The van der Waals surface area contributed by atoms with Crippen molar-refractivity contribution in [2.24, 2.45) is 0 Å². The van der Waals surface area contributed by atoms with Crippen LogP contribution < -0.4 is 5.32 Å². The van der Waals surface area contributed by atoms with Gasteiger partial charge >= 0.3 is 5.97 Å². The first-order valence-electron chi connectivity index (χ1n) is 5.80. The Labute approximate surface area is 110 Å². The Hall–Kier alpha value is -2.15. The molecule has 0 heterocycles. The number of methoxy groups -OCH3 is 1. The van der Waals surface area contributed by atoms with E-state index in [1.807, 2.05) is 0 Å². The van der Waals surface area contributed by atoms with Crippen molar-refractivity contribution in [1.29, 1.82) is 0 Å². The van der Waals surface area contributed by atoms with Crippen LogP contribution in [0.2, 0.25) is 0 Å². The van der Waals surface area contributed by atoms with Crippen molar-refractivity contribution in [2.45, 2.75) is 12.8 Å². The topological polar surface area (TPSA) is 102 Å². The second kappa shape index (κ2) is 7.32. The van der Waals surface area contributed by atoms with E-state index in [0.29, 0.717) is 13.2 Å². The summed E-state index contributed by atoms with van der Waals surface area (Å²) in [5.74, 6) is -1.12. The van der Waals surface area contributed by atoms with E-state index in [2.05, 4.69) is 5.32 Å². The Balaban J connectivity index is 2.74. The number of nitrogens with zero attached hydrogens (tertiary/aromatic N) is 1. The van der Waals surface area contributed by atoms with Gasteiger partial charge in [-0.2, -0.15) is 0 Å².